The van der Waals surface area contributed by atoms with Gasteiger partial charge in [-0.2, -0.15) is 4.52 Å². The van der Waals surface area contributed by atoms with Crippen LogP contribution in [-0.2, 0) is 6.54 Å². The van der Waals surface area contributed by atoms with Crippen LogP contribution < -0.4 is 10.2 Å². The van der Waals surface area contributed by atoms with E-state index >= 15 is 0 Å². The number of halogens is 2. The van der Waals surface area contributed by atoms with Crippen molar-refractivity contribution in [1.82, 2.24) is 24.5 Å². The van der Waals surface area contributed by atoms with Crippen molar-refractivity contribution in [1.29, 1.82) is 0 Å². The van der Waals surface area contributed by atoms with Crippen molar-refractivity contribution in [2.24, 2.45) is 0 Å². The molecule has 0 saturated carbocycles. The molecule has 3 aromatic heterocycles. The molecule has 2 atom stereocenters. The molecule has 38 heavy (non-hydrogen) atoms. The molecular formula is C27H27F2N7O2. The Kier molecular flexibility index (Phi) is 6.46. The van der Waals surface area contributed by atoms with Crippen LogP contribution in [-0.4, -0.2) is 61.2 Å². The predicted molar refractivity (Wildman–Crippen MR) is 137 cm³/mol. The number of aliphatic hydroxyl groups excluding tert-OH is 1. The monoisotopic (exact) mass is 519 g/mol. The van der Waals surface area contributed by atoms with Gasteiger partial charge in [-0.05, 0) is 61.2 Å². The molecule has 196 valence electrons. The summed E-state index contributed by atoms with van der Waals surface area (Å²) >= 11 is 0. The van der Waals surface area contributed by atoms with Crippen LogP contribution in [0.5, 0.6) is 0 Å². The van der Waals surface area contributed by atoms with E-state index < -0.39 is 17.5 Å². The molecule has 0 unspecified atom stereocenters. The minimum absolute atomic E-state index is 0.252. The van der Waals surface area contributed by atoms with Crippen molar-refractivity contribution >= 4 is 23.2 Å². The van der Waals surface area contributed by atoms with E-state index in [2.05, 4.69) is 25.3 Å². The zero-order chi connectivity index (χ0) is 26.2. The van der Waals surface area contributed by atoms with Gasteiger partial charge in [0.15, 0.2) is 11.5 Å². The van der Waals surface area contributed by atoms with Crippen LogP contribution >= 0.6 is 0 Å². The van der Waals surface area contributed by atoms with E-state index in [9.17, 15) is 18.7 Å². The maximum atomic E-state index is 14.5. The molecule has 4 aromatic rings. The van der Waals surface area contributed by atoms with E-state index in [-0.39, 0.29) is 17.8 Å². The third-order valence-corrected chi connectivity index (χ3v) is 7.17. The van der Waals surface area contributed by atoms with Crippen LogP contribution in [0.15, 0.2) is 54.9 Å². The normalized spacial score (nSPS) is 19.9. The topological polar surface area (TPSA) is 98.9 Å². The summed E-state index contributed by atoms with van der Waals surface area (Å²) in [5.74, 6) is -0.379. The van der Waals surface area contributed by atoms with Gasteiger partial charge in [0, 0.05) is 37.9 Å². The number of fused-ring (bicyclic) bond motifs is 1. The number of imidazole rings is 1. The summed E-state index contributed by atoms with van der Waals surface area (Å²) in [6, 6.07) is 10.3. The number of carbonyl (C=O) groups is 1. The van der Waals surface area contributed by atoms with Crippen molar-refractivity contribution in [2.75, 3.05) is 29.9 Å². The number of aliphatic hydroxyl groups is 1. The molecule has 0 spiro atoms. The van der Waals surface area contributed by atoms with Gasteiger partial charge in [0.1, 0.15) is 23.1 Å². The number of β-amino-alcohol motifs (C(OH)–C–C–N with tert-alkyl or cyclic N) is 1. The van der Waals surface area contributed by atoms with Gasteiger partial charge in [-0.25, -0.2) is 13.8 Å². The summed E-state index contributed by atoms with van der Waals surface area (Å²) in [6.07, 6.45) is 5.16. The highest BCUT2D eigenvalue weighted by molar-refractivity contribution is 6.02. The van der Waals surface area contributed by atoms with Crippen molar-refractivity contribution in [3.63, 3.8) is 0 Å². The van der Waals surface area contributed by atoms with Crippen molar-refractivity contribution in [3.05, 3.63) is 83.3 Å². The molecule has 1 aromatic carbocycles. The molecule has 2 saturated heterocycles. The fourth-order valence-electron chi connectivity index (χ4n) is 5.28. The van der Waals surface area contributed by atoms with Gasteiger partial charge >= 0.3 is 0 Å². The highest BCUT2D eigenvalue weighted by Crippen LogP contribution is 2.36. The van der Waals surface area contributed by atoms with E-state index in [0.29, 0.717) is 48.9 Å². The summed E-state index contributed by atoms with van der Waals surface area (Å²) in [5.41, 5.74) is 2.06. The first-order valence-corrected chi connectivity index (χ1v) is 12.7. The number of aromatic nitrogens is 4. The van der Waals surface area contributed by atoms with Crippen LogP contribution in [0.4, 0.5) is 20.4 Å². The standard InChI is InChI=1S/C27H27F2N7O2/c28-18-4-5-21(29)20(12-18)23-2-1-10-35(23)25-8-7-24-31-14-26(36(24)33-25)32-27(38)22-6-3-17(13-30-22)15-34-11-9-19(37)16-34/h3-8,12-14,19,23,37H,1-2,9-11,15-16H2,(H,32,38)/t19-,23+/m0/s1. The van der Waals surface area contributed by atoms with E-state index in [1.807, 2.05) is 11.0 Å². The van der Waals surface area contributed by atoms with Crippen molar-refractivity contribution < 1.29 is 18.7 Å². The van der Waals surface area contributed by atoms with Crippen LogP contribution in [0.2, 0.25) is 0 Å². The fourth-order valence-corrected chi connectivity index (χ4v) is 5.28. The molecule has 5 heterocycles. The van der Waals surface area contributed by atoms with Gasteiger partial charge in [0.2, 0.25) is 0 Å². The number of hydrogen-bond donors (Lipinski definition) is 2. The van der Waals surface area contributed by atoms with E-state index in [0.717, 1.165) is 37.1 Å². The minimum atomic E-state index is -0.479. The number of benzene rings is 1. The lowest BCUT2D eigenvalue weighted by molar-refractivity contribution is 0.102. The molecule has 0 aliphatic carbocycles. The zero-order valence-corrected chi connectivity index (χ0v) is 20.6. The lowest BCUT2D eigenvalue weighted by Crippen LogP contribution is -2.25. The lowest BCUT2D eigenvalue weighted by Gasteiger charge is -2.26. The molecule has 6 rings (SSSR count). The molecule has 0 bridgehead atoms. The Balaban J connectivity index is 1.20. The minimum Gasteiger partial charge on any atom is -0.392 e. The SMILES string of the molecule is O=C(Nc1cnc2ccc(N3CCC[C@@H]3c3cc(F)ccc3F)nn12)c1ccc(CN2CC[C@H](O)C2)cn1. The molecule has 2 N–H and O–H groups in total. The molecule has 2 fully saturated rings. The zero-order valence-electron chi connectivity index (χ0n) is 20.6. The third-order valence-electron chi connectivity index (χ3n) is 7.17. The number of hydrogen-bond acceptors (Lipinski definition) is 7. The molecule has 0 radical (unpaired) electrons. The van der Waals surface area contributed by atoms with Crippen LogP contribution in [0.3, 0.4) is 0 Å². The van der Waals surface area contributed by atoms with Gasteiger partial charge in [-0.1, -0.05) is 6.07 Å². The highest BCUT2D eigenvalue weighted by Gasteiger charge is 2.30. The first kappa shape index (κ1) is 24.4. The Morgan fingerprint density at radius 1 is 1.05 bits per heavy atom. The smallest absolute Gasteiger partial charge is 0.275 e. The summed E-state index contributed by atoms with van der Waals surface area (Å²) in [5, 5.41) is 17.2. The molecule has 9 nitrogen and oxygen atoms in total. The van der Waals surface area contributed by atoms with E-state index in [1.54, 1.807) is 24.4 Å². The predicted octanol–water partition coefficient (Wildman–Crippen LogP) is 3.56. The maximum Gasteiger partial charge on any atom is 0.275 e. The fraction of sp³-hybridized carbons (Fsp3) is 0.333. The highest BCUT2D eigenvalue weighted by atomic mass is 19.1. The average Bonchev–Trinajstić information content (AvgIpc) is 3.66. The number of rotatable bonds is 6. The van der Waals surface area contributed by atoms with Crippen molar-refractivity contribution in [3.8, 4) is 0 Å². The second-order valence-corrected chi connectivity index (χ2v) is 9.81. The van der Waals surface area contributed by atoms with E-state index in [4.69, 9.17) is 0 Å². The molecule has 1 amide bonds. The summed E-state index contributed by atoms with van der Waals surface area (Å²) in [6.45, 7) is 2.79. The van der Waals surface area contributed by atoms with Gasteiger partial charge in [-0.15, -0.1) is 5.10 Å². The lowest BCUT2D eigenvalue weighted by atomic mass is 10.0. The summed E-state index contributed by atoms with van der Waals surface area (Å²) < 4.78 is 29.9. The van der Waals surface area contributed by atoms with Gasteiger partial charge in [-0.3, -0.25) is 14.7 Å². The first-order valence-electron chi connectivity index (χ1n) is 12.7. The Hall–Kier alpha value is -3.96. The summed E-state index contributed by atoms with van der Waals surface area (Å²) in [7, 11) is 0. The van der Waals surface area contributed by atoms with E-state index in [1.165, 1.54) is 16.8 Å². The quantitative estimate of drug-likeness (QED) is 0.402. The first-order chi connectivity index (χ1) is 18.4. The Bertz CT molecular complexity index is 1480. The van der Waals surface area contributed by atoms with Crippen LogP contribution in [0.25, 0.3) is 5.65 Å². The molecule has 2 aliphatic rings. The molecule has 2 aliphatic heterocycles. The van der Waals surface area contributed by atoms with Crippen LogP contribution in [0, 0.1) is 11.6 Å². The molecule has 11 heteroatoms. The van der Waals surface area contributed by atoms with Crippen molar-refractivity contribution in [2.45, 2.75) is 38.0 Å². The maximum absolute atomic E-state index is 14.5. The number of anilines is 2. The second-order valence-electron chi connectivity index (χ2n) is 9.81. The second kappa shape index (κ2) is 10.1. The number of nitrogens with one attached hydrogen (secondary N) is 1. The molecular weight excluding hydrogens is 492 g/mol. The third kappa shape index (κ3) is 4.82. The van der Waals surface area contributed by atoms with Gasteiger partial charge in [0.05, 0.1) is 18.3 Å². The largest absolute Gasteiger partial charge is 0.392 e. The number of amides is 1. The Labute approximate surface area is 217 Å². The summed E-state index contributed by atoms with van der Waals surface area (Å²) in [4.78, 5) is 25.7. The Morgan fingerprint density at radius 2 is 1.95 bits per heavy atom. The number of nitrogens with zero attached hydrogens (tertiary/aromatic N) is 6. The van der Waals surface area contributed by atoms with Crippen LogP contribution in [0.1, 0.15) is 46.9 Å². The number of carbonyl (C=O) groups excluding carboxylic acids is 1. The van der Waals surface area contributed by atoms with Gasteiger partial charge < -0.3 is 15.3 Å². The number of pyridine rings is 1. The average molecular weight is 520 g/mol. The number of likely N-dealkylation sites (tertiary alicyclic amines) is 1. The van der Waals surface area contributed by atoms with Gasteiger partial charge in [0.25, 0.3) is 5.91 Å². The Morgan fingerprint density at radius 3 is 2.74 bits per heavy atom.